The first-order valence-corrected chi connectivity index (χ1v) is 4.82. The monoisotopic (exact) mass is 200 g/mol. The number of benzene rings is 1. The predicted molar refractivity (Wildman–Crippen MR) is 59.7 cm³/mol. The molecule has 0 aliphatic heterocycles. The first-order chi connectivity index (χ1) is 7.20. The molecule has 0 saturated carbocycles. The normalized spacial score (nSPS) is 12.7. The van der Waals surface area contributed by atoms with Gasteiger partial charge in [-0.15, -0.1) is 0 Å². The smallest absolute Gasteiger partial charge is 0.179 e. The molecule has 2 N–H and O–H groups in total. The van der Waals surface area contributed by atoms with Crippen molar-refractivity contribution in [1.82, 2.24) is 4.98 Å². The number of carbonyl (C=O) groups is 1. The highest BCUT2D eigenvalue weighted by molar-refractivity contribution is 6.09. The van der Waals surface area contributed by atoms with Gasteiger partial charge in [-0.25, -0.2) is 0 Å². The number of pyridine rings is 1. The van der Waals surface area contributed by atoms with Crippen LogP contribution in [0, 0.1) is 0 Å². The molecule has 1 heterocycles. The van der Waals surface area contributed by atoms with Crippen LogP contribution in [-0.4, -0.2) is 16.8 Å². The second-order valence-corrected chi connectivity index (χ2v) is 3.56. The van der Waals surface area contributed by atoms with Crippen molar-refractivity contribution >= 4 is 16.6 Å². The molecule has 76 valence electrons. The van der Waals surface area contributed by atoms with Crippen LogP contribution in [0.4, 0.5) is 0 Å². The molecule has 0 fully saturated rings. The van der Waals surface area contributed by atoms with Crippen molar-refractivity contribution < 1.29 is 4.79 Å². The van der Waals surface area contributed by atoms with E-state index in [1.807, 2.05) is 18.2 Å². The maximum atomic E-state index is 11.8. The summed E-state index contributed by atoms with van der Waals surface area (Å²) in [7, 11) is 0. The maximum absolute atomic E-state index is 11.8. The van der Waals surface area contributed by atoms with Gasteiger partial charge in [0.05, 0.1) is 6.04 Å². The van der Waals surface area contributed by atoms with Gasteiger partial charge in [0.1, 0.15) is 0 Å². The van der Waals surface area contributed by atoms with Crippen molar-refractivity contribution in [3.63, 3.8) is 0 Å². The lowest BCUT2D eigenvalue weighted by atomic mass is 10.0. The molecule has 1 atom stereocenters. The Hall–Kier alpha value is -1.74. The average Bonchev–Trinajstić information content (AvgIpc) is 2.27. The average molecular weight is 200 g/mol. The summed E-state index contributed by atoms with van der Waals surface area (Å²) in [6.45, 7) is 1.69. The quantitative estimate of drug-likeness (QED) is 0.751. The molecule has 0 aliphatic carbocycles. The van der Waals surface area contributed by atoms with Crippen LogP contribution in [0.15, 0.2) is 36.7 Å². The van der Waals surface area contributed by atoms with Crippen LogP contribution in [-0.2, 0) is 0 Å². The van der Waals surface area contributed by atoms with Gasteiger partial charge in [0.15, 0.2) is 5.78 Å². The first kappa shape index (κ1) is 9.80. The van der Waals surface area contributed by atoms with Gasteiger partial charge in [-0.3, -0.25) is 9.78 Å². The van der Waals surface area contributed by atoms with Gasteiger partial charge in [0.25, 0.3) is 0 Å². The zero-order valence-electron chi connectivity index (χ0n) is 8.47. The molecule has 0 saturated heterocycles. The predicted octanol–water partition coefficient (Wildman–Crippen LogP) is 1.76. The van der Waals surface area contributed by atoms with Crippen molar-refractivity contribution in [2.75, 3.05) is 0 Å². The molecule has 1 aromatic heterocycles. The topological polar surface area (TPSA) is 56.0 Å². The number of carbonyl (C=O) groups excluding carboxylic acids is 1. The van der Waals surface area contributed by atoms with Crippen LogP contribution in [0.3, 0.4) is 0 Å². The lowest BCUT2D eigenvalue weighted by Gasteiger charge is -2.07. The van der Waals surface area contributed by atoms with E-state index in [4.69, 9.17) is 5.73 Å². The fourth-order valence-corrected chi connectivity index (χ4v) is 1.57. The fraction of sp³-hybridized carbons (Fsp3) is 0.167. The number of rotatable bonds is 2. The Kier molecular flexibility index (Phi) is 2.47. The molecule has 0 aliphatic rings. The van der Waals surface area contributed by atoms with E-state index in [0.29, 0.717) is 5.56 Å². The third-order valence-corrected chi connectivity index (χ3v) is 2.36. The van der Waals surface area contributed by atoms with E-state index >= 15 is 0 Å². The Morgan fingerprint density at radius 1 is 1.40 bits per heavy atom. The summed E-state index contributed by atoms with van der Waals surface area (Å²) in [6, 6.07) is 7.01. The molecule has 15 heavy (non-hydrogen) atoms. The van der Waals surface area contributed by atoms with E-state index in [2.05, 4.69) is 4.98 Å². The van der Waals surface area contributed by atoms with Gasteiger partial charge in [0, 0.05) is 23.3 Å². The molecule has 2 rings (SSSR count). The van der Waals surface area contributed by atoms with Crippen LogP contribution < -0.4 is 5.73 Å². The van der Waals surface area contributed by atoms with Crippen molar-refractivity contribution in [2.45, 2.75) is 13.0 Å². The van der Waals surface area contributed by atoms with Gasteiger partial charge in [0.2, 0.25) is 0 Å². The van der Waals surface area contributed by atoms with Crippen molar-refractivity contribution in [1.29, 1.82) is 0 Å². The summed E-state index contributed by atoms with van der Waals surface area (Å²) in [4.78, 5) is 15.8. The highest BCUT2D eigenvalue weighted by atomic mass is 16.1. The maximum Gasteiger partial charge on any atom is 0.179 e. The van der Waals surface area contributed by atoms with Crippen LogP contribution in [0.25, 0.3) is 10.8 Å². The summed E-state index contributed by atoms with van der Waals surface area (Å²) >= 11 is 0. The highest BCUT2D eigenvalue weighted by Crippen LogP contribution is 2.18. The molecule has 3 nitrogen and oxygen atoms in total. The standard InChI is InChI=1S/C12H12N2O/c1-8(13)12(15)10-4-2-3-9-5-6-14-7-11(9)10/h2-8H,13H2,1H3. The second-order valence-electron chi connectivity index (χ2n) is 3.56. The van der Waals surface area contributed by atoms with Crippen LogP contribution in [0.2, 0.25) is 0 Å². The number of Topliss-reactive ketones (excluding diaryl/α,β-unsaturated/α-hetero) is 1. The Morgan fingerprint density at radius 3 is 2.93 bits per heavy atom. The molecule has 1 aromatic carbocycles. The number of fused-ring (bicyclic) bond motifs is 1. The molecule has 0 amide bonds. The van der Waals surface area contributed by atoms with Gasteiger partial charge < -0.3 is 5.73 Å². The van der Waals surface area contributed by atoms with Gasteiger partial charge in [-0.1, -0.05) is 18.2 Å². The number of hydrogen-bond acceptors (Lipinski definition) is 3. The Labute approximate surface area is 87.9 Å². The van der Waals surface area contributed by atoms with E-state index < -0.39 is 6.04 Å². The Balaban J connectivity index is 2.66. The number of hydrogen-bond donors (Lipinski definition) is 1. The second kappa shape index (κ2) is 3.79. The molecule has 3 heteroatoms. The SMILES string of the molecule is CC(N)C(=O)c1cccc2ccncc12. The zero-order valence-corrected chi connectivity index (χ0v) is 8.47. The summed E-state index contributed by atoms with van der Waals surface area (Å²) in [5, 5.41) is 1.87. The lowest BCUT2D eigenvalue weighted by Crippen LogP contribution is -2.26. The minimum Gasteiger partial charge on any atom is -0.321 e. The molecule has 0 bridgehead atoms. The minimum absolute atomic E-state index is 0.0476. The molecule has 2 aromatic rings. The summed E-state index contributed by atoms with van der Waals surface area (Å²) in [5.41, 5.74) is 6.24. The molecule has 0 spiro atoms. The van der Waals surface area contributed by atoms with Crippen LogP contribution in [0.5, 0.6) is 0 Å². The summed E-state index contributed by atoms with van der Waals surface area (Å²) < 4.78 is 0. The largest absolute Gasteiger partial charge is 0.321 e. The van der Waals surface area contributed by atoms with Crippen molar-refractivity contribution in [3.05, 3.63) is 42.2 Å². The van der Waals surface area contributed by atoms with Gasteiger partial charge in [-0.2, -0.15) is 0 Å². The van der Waals surface area contributed by atoms with E-state index in [1.54, 1.807) is 25.4 Å². The van der Waals surface area contributed by atoms with Crippen LogP contribution in [0.1, 0.15) is 17.3 Å². The fourth-order valence-electron chi connectivity index (χ4n) is 1.57. The zero-order chi connectivity index (χ0) is 10.8. The molecule has 0 radical (unpaired) electrons. The Bertz CT molecular complexity index is 500. The Morgan fingerprint density at radius 2 is 2.20 bits per heavy atom. The number of ketones is 1. The first-order valence-electron chi connectivity index (χ1n) is 4.82. The third-order valence-electron chi connectivity index (χ3n) is 2.36. The van der Waals surface area contributed by atoms with E-state index in [9.17, 15) is 4.79 Å². The number of nitrogens with zero attached hydrogens (tertiary/aromatic N) is 1. The van der Waals surface area contributed by atoms with Gasteiger partial charge in [-0.05, 0) is 18.4 Å². The highest BCUT2D eigenvalue weighted by Gasteiger charge is 2.13. The lowest BCUT2D eigenvalue weighted by molar-refractivity contribution is 0.0969. The van der Waals surface area contributed by atoms with Crippen molar-refractivity contribution in [3.8, 4) is 0 Å². The third kappa shape index (κ3) is 1.74. The minimum atomic E-state index is -0.476. The molecular formula is C12H12N2O. The van der Waals surface area contributed by atoms with Gasteiger partial charge >= 0.3 is 0 Å². The summed E-state index contributed by atoms with van der Waals surface area (Å²) in [6.07, 6.45) is 3.41. The number of aromatic nitrogens is 1. The van der Waals surface area contributed by atoms with Crippen molar-refractivity contribution in [2.24, 2.45) is 5.73 Å². The van der Waals surface area contributed by atoms with E-state index in [-0.39, 0.29) is 5.78 Å². The van der Waals surface area contributed by atoms with Crippen LogP contribution >= 0.6 is 0 Å². The van der Waals surface area contributed by atoms with E-state index in [0.717, 1.165) is 10.8 Å². The summed E-state index contributed by atoms with van der Waals surface area (Å²) in [5.74, 6) is -0.0476. The van der Waals surface area contributed by atoms with E-state index in [1.165, 1.54) is 0 Å². The molecule has 1 unspecified atom stereocenters. The number of nitrogens with two attached hydrogens (primary N) is 1. The molecular weight excluding hydrogens is 188 g/mol.